The molecule has 0 aliphatic heterocycles. The van der Waals surface area contributed by atoms with Gasteiger partial charge in [-0.05, 0) is 37.3 Å². The molecule has 0 unspecified atom stereocenters. The molecule has 0 aliphatic carbocycles. The van der Waals surface area contributed by atoms with E-state index in [1.54, 1.807) is 26.4 Å². The molecule has 0 saturated heterocycles. The van der Waals surface area contributed by atoms with E-state index in [4.69, 9.17) is 18.9 Å². The zero-order valence-electron chi connectivity index (χ0n) is 22.1. The van der Waals surface area contributed by atoms with Gasteiger partial charge in [0, 0.05) is 22.9 Å². The zero-order chi connectivity index (χ0) is 27.6. The van der Waals surface area contributed by atoms with Crippen LogP contribution in [-0.4, -0.2) is 60.6 Å². The van der Waals surface area contributed by atoms with Gasteiger partial charge < -0.3 is 18.9 Å². The fraction of sp³-hybridized carbons (Fsp3) is 0.214. The number of methoxy groups -OCH3 is 3. The second-order valence-electron chi connectivity index (χ2n) is 7.97. The predicted molar refractivity (Wildman–Crippen MR) is 151 cm³/mol. The number of amides is 1. The van der Waals surface area contributed by atoms with Gasteiger partial charge in [0.05, 0.1) is 39.9 Å². The number of aromatic nitrogens is 3. The van der Waals surface area contributed by atoms with Crippen molar-refractivity contribution in [1.29, 1.82) is 0 Å². The molecule has 3 aromatic carbocycles. The van der Waals surface area contributed by atoms with Crippen LogP contribution in [0.5, 0.6) is 23.0 Å². The summed E-state index contributed by atoms with van der Waals surface area (Å²) in [6.45, 7) is 2.52. The minimum Gasteiger partial charge on any atom is -0.496 e. The lowest BCUT2D eigenvalue weighted by Gasteiger charge is -2.12. The number of hydrogen-bond acceptors (Lipinski definition) is 9. The van der Waals surface area contributed by atoms with Crippen molar-refractivity contribution in [3.05, 3.63) is 72.3 Å². The highest BCUT2D eigenvalue weighted by Gasteiger charge is 2.17. The van der Waals surface area contributed by atoms with E-state index in [1.165, 1.54) is 25.1 Å². The molecule has 1 N–H and O–H groups in total. The summed E-state index contributed by atoms with van der Waals surface area (Å²) in [5.74, 6) is 2.78. The Morgan fingerprint density at radius 1 is 0.949 bits per heavy atom. The quantitative estimate of drug-likeness (QED) is 0.156. The smallest absolute Gasteiger partial charge is 0.250 e. The molecule has 4 rings (SSSR count). The van der Waals surface area contributed by atoms with Crippen LogP contribution in [-0.2, 0) is 4.79 Å². The summed E-state index contributed by atoms with van der Waals surface area (Å²) in [5.41, 5.74) is 4.92. The van der Waals surface area contributed by atoms with E-state index in [0.717, 1.165) is 17.0 Å². The number of hydrazone groups is 1. The van der Waals surface area contributed by atoms with Gasteiger partial charge in [0.2, 0.25) is 0 Å². The maximum absolute atomic E-state index is 12.6. The Balaban J connectivity index is 1.50. The molecule has 0 bridgehead atoms. The van der Waals surface area contributed by atoms with Crippen molar-refractivity contribution in [2.45, 2.75) is 12.1 Å². The first-order valence-corrected chi connectivity index (χ1v) is 13.0. The number of nitrogens with one attached hydrogen (secondary N) is 1. The number of thioether (sulfide) groups is 1. The first-order valence-electron chi connectivity index (χ1n) is 12.1. The summed E-state index contributed by atoms with van der Waals surface area (Å²) in [6, 6.07) is 20.8. The summed E-state index contributed by atoms with van der Waals surface area (Å²) in [7, 11) is 4.63. The molecule has 0 aliphatic rings. The lowest BCUT2D eigenvalue weighted by Crippen LogP contribution is -2.20. The lowest BCUT2D eigenvalue weighted by molar-refractivity contribution is -0.118. The van der Waals surface area contributed by atoms with Crippen LogP contribution in [0.3, 0.4) is 0 Å². The van der Waals surface area contributed by atoms with Crippen molar-refractivity contribution in [2.24, 2.45) is 5.10 Å². The van der Waals surface area contributed by atoms with Gasteiger partial charge >= 0.3 is 0 Å². The molecular formula is C28H29N5O5S. The van der Waals surface area contributed by atoms with Crippen LogP contribution < -0.4 is 24.4 Å². The van der Waals surface area contributed by atoms with Gasteiger partial charge in [-0.15, -0.1) is 10.2 Å². The van der Waals surface area contributed by atoms with Gasteiger partial charge in [0.15, 0.2) is 22.5 Å². The summed E-state index contributed by atoms with van der Waals surface area (Å²) in [5, 5.41) is 13.4. The molecule has 1 amide bonds. The molecule has 202 valence electrons. The molecule has 1 aromatic heterocycles. The van der Waals surface area contributed by atoms with Crippen molar-refractivity contribution >= 4 is 23.9 Å². The molecular weight excluding hydrogens is 518 g/mol. The standard InChI is InChI=1S/C28H29N5O5S/c1-5-38-22-13-11-21(12-14-22)33-27(19-9-7-6-8-10-19)31-32-28(33)39-18-26(34)30-29-17-20-15-24(36-3)25(37-4)16-23(20)35-2/h6-17H,5,18H2,1-4H3,(H,30,34)/b29-17+. The SMILES string of the molecule is CCOc1ccc(-n2c(SCC(=O)N/N=C/c3cc(OC)c(OC)cc3OC)nnc2-c2ccccc2)cc1. The summed E-state index contributed by atoms with van der Waals surface area (Å²) in [6.07, 6.45) is 1.49. The molecule has 0 radical (unpaired) electrons. The Kier molecular flexibility index (Phi) is 9.41. The van der Waals surface area contributed by atoms with Gasteiger partial charge in [-0.1, -0.05) is 42.1 Å². The van der Waals surface area contributed by atoms with E-state index >= 15 is 0 Å². The topological polar surface area (TPSA) is 109 Å². The second-order valence-corrected chi connectivity index (χ2v) is 8.91. The van der Waals surface area contributed by atoms with Gasteiger partial charge in [0.25, 0.3) is 5.91 Å². The van der Waals surface area contributed by atoms with Crippen molar-refractivity contribution in [3.8, 4) is 40.1 Å². The Bertz CT molecular complexity index is 1420. The van der Waals surface area contributed by atoms with Crippen molar-refractivity contribution < 1.29 is 23.7 Å². The maximum atomic E-state index is 12.6. The minimum atomic E-state index is -0.307. The second kappa shape index (κ2) is 13.3. The number of benzene rings is 3. The molecule has 0 spiro atoms. The average Bonchev–Trinajstić information content (AvgIpc) is 3.40. The van der Waals surface area contributed by atoms with E-state index in [-0.39, 0.29) is 11.7 Å². The first kappa shape index (κ1) is 27.5. The van der Waals surface area contributed by atoms with E-state index in [9.17, 15) is 4.79 Å². The van der Waals surface area contributed by atoms with Gasteiger partial charge in [-0.25, -0.2) is 5.43 Å². The highest BCUT2D eigenvalue weighted by molar-refractivity contribution is 7.99. The third kappa shape index (κ3) is 6.68. The van der Waals surface area contributed by atoms with E-state index < -0.39 is 0 Å². The summed E-state index contributed by atoms with van der Waals surface area (Å²) >= 11 is 1.26. The summed E-state index contributed by atoms with van der Waals surface area (Å²) in [4.78, 5) is 12.6. The van der Waals surface area contributed by atoms with Gasteiger partial charge in [-0.2, -0.15) is 5.10 Å². The van der Waals surface area contributed by atoms with Crippen LogP contribution in [0.4, 0.5) is 0 Å². The molecule has 39 heavy (non-hydrogen) atoms. The highest BCUT2D eigenvalue weighted by atomic mass is 32.2. The monoisotopic (exact) mass is 547 g/mol. The van der Waals surface area contributed by atoms with Crippen molar-refractivity contribution in [3.63, 3.8) is 0 Å². The number of carbonyl (C=O) groups is 1. The minimum absolute atomic E-state index is 0.0738. The predicted octanol–water partition coefficient (Wildman–Crippen LogP) is 4.60. The number of nitrogens with zero attached hydrogens (tertiary/aromatic N) is 4. The lowest BCUT2D eigenvalue weighted by atomic mass is 10.2. The zero-order valence-corrected chi connectivity index (χ0v) is 22.9. The molecule has 4 aromatic rings. The van der Waals surface area contributed by atoms with Crippen molar-refractivity contribution in [2.75, 3.05) is 33.7 Å². The Morgan fingerprint density at radius 3 is 2.31 bits per heavy atom. The Labute approximate surface area is 231 Å². The van der Waals surface area contributed by atoms with Crippen LogP contribution in [0, 0.1) is 0 Å². The molecule has 1 heterocycles. The summed E-state index contributed by atoms with van der Waals surface area (Å²) < 4.78 is 23.5. The molecule has 10 nitrogen and oxygen atoms in total. The Morgan fingerprint density at radius 2 is 1.64 bits per heavy atom. The highest BCUT2D eigenvalue weighted by Crippen LogP contribution is 2.34. The number of rotatable bonds is 12. The van der Waals surface area contributed by atoms with Crippen molar-refractivity contribution in [1.82, 2.24) is 20.2 Å². The van der Waals surface area contributed by atoms with Crippen LogP contribution in [0.15, 0.2) is 77.0 Å². The first-order chi connectivity index (χ1) is 19.1. The number of hydrogen-bond donors (Lipinski definition) is 1. The number of carbonyl (C=O) groups excluding carboxylic acids is 1. The Hall–Kier alpha value is -4.51. The fourth-order valence-electron chi connectivity index (χ4n) is 3.72. The molecule has 11 heteroatoms. The number of ether oxygens (including phenoxy) is 4. The van der Waals surface area contributed by atoms with E-state index in [0.29, 0.717) is 40.4 Å². The molecule has 0 atom stereocenters. The van der Waals surface area contributed by atoms with Gasteiger partial charge in [-0.3, -0.25) is 9.36 Å². The largest absolute Gasteiger partial charge is 0.496 e. The molecule has 0 saturated carbocycles. The van der Waals surface area contributed by atoms with Crippen LogP contribution in [0.1, 0.15) is 12.5 Å². The third-order valence-electron chi connectivity index (χ3n) is 5.53. The van der Waals surface area contributed by atoms with E-state index in [2.05, 4.69) is 20.7 Å². The average molecular weight is 548 g/mol. The third-order valence-corrected chi connectivity index (χ3v) is 6.46. The molecule has 0 fully saturated rings. The van der Waals surface area contributed by atoms with Gasteiger partial charge in [0.1, 0.15) is 11.5 Å². The van der Waals surface area contributed by atoms with Crippen LogP contribution >= 0.6 is 11.8 Å². The fourth-order valence-corrected chi connectivity index (χ4v) is 4.46. The van der Waals surface area contributed by atoms with E-state index in [1.807, 2.05) is 66.1 Å². The van der Waals surface area contributed by atoms with Crippen LogP contribution in [0.25, 0.3) is 17.1 Å². The maximum Gasteiger partial charge on any atom is 0.250 e. The normalized spacial score (nSPS) is 10.9. The van der Waals surface area contributed by atoms with Crippen LogP contribution in [0.2, 0.25) is 0 Å².